The second-order valence-electron chi connectivity index (χ2n) is 5.24. The van der Waals surface area contributed by atoms with Crippen molar-refractivity contribution >= 4 is 11.8 Å². The van der Waals surface area contributed by atoms with Gasteiger partial charge in [0.2, 0.25) is 11.8 Å². The summed E-state index contributed by atoms with van der Waals surface area (Å²) in [6.07, 6.45) is 6.67. The summed E-state index contributed by atoms with van der Waals surface area (Å²) in [5.74, 6) is 0.194. The number of hydrogen-bond acceptors (Lipinski definition) is 3. The van der Waals surface area contributed by atoms with E-state index in [2.05, 4.69) is 16.0 Å². The second-order valence-corrected chi connectivity index (χ2v) is 5.24. The third kappa shape index (κ3) is 4.64. The van der Waals surface area contributed by atoms with Crippen LogP contribution in [0.4, 0.5) is 0 Å². The molecular formula is C13H23N3O2. The molecule has 2 fully saturated rings. The van der Waals surface area contributed by atoms with Gasteiger partial charge in [0.1, 0.15) is 0 Å². The van der Waals surface area contributed by atoms with Crippen LogP contribution in [-0.2, 0) is 9.59 Å². The van der Waals surface area contributed by atoms with Crippen LogP contribution in [0, 0.1) is 0 Å². The molecule has 1 saturated carbocycles. The fraction of sp³-hybridized carbons (Fsp3) is 0.846. The van der Waals surface area contributed by atoms with Gasteiger partial charge in [-0.25, -0.2) is 0 Å². The summed E-state index contributed by atoms with van der Waals surface area (Å²) in [6, 6.07) is 0.401. The van der Waals surface area contributed by atoms with Crippen molar-refractivity contribution in [2.75, 3.05) is 13.1 Å². The zero-order valence-corrected chi connectivity index (χ0v) is 10.8. The largest absolute Gasteiger partial charge is 0.355 e. The van der Waals surface area contributed by atoms with Gasteiger partial charge in [-0.1, -0.05) is 6.42 Å². The quantitative estimate of drug-likeness (QED) is 0.596. The van der Waals surface area contributed by atoms with Gasteiger partial charge in [0, 0.05) is 19.0 Å². The Kier molecular flexibility index (Phi) is 4.99. The molecule has 18 heavy (non-hydrogen) atoms. The Morgan fingerprint density at radius 1 is 1.17 bits per heavy atom. The number of rotatable bonds is 6. The van der Waals surface area contributed by atoms with E-state index in [0.717, 1.165) is 45.1 Å². The van der Waals surface area contributed by atoms with Crippen LogP contribution >= 0.6 is 0 Å². The van der Waals surface area contributed by atoms with Crippen LogP contribution in [0.2, 0.25) is 0 Å². The summed E-state index contributed by atoms with van der Waals surface area (Å²) in [6.45, 7) is 1.52. The molecule has 0 spiro atoms. The highest BCUT2D eigenvalue weighted by atomic mass is 16.2. The van der Waals surface area contributed by atoms with E-state index in [4.69, 9.17) is 0 Å². The van der Waals surface area contributed by atoms with Crippen LogP contribution in [0.1, 0.15) is 44.9 Å². The van der Waals surface area contributed by atoms with Gasteiger partial charge >= 0.3 is 0 Å². The molecule has 2 aliphatic rings. The molecule has 1 heterocycles. The number of piperidine rings is 1. The minimum absolute atomic E-state index is 0.0287. The van der Waals surface area contributed by atoms with Crippen molar-refractivity contribution in [2.24, 2.45) is 0 Å². The Hall–Kier alpha value is -1.10. The first kappa shape index (κ1) is 13.3. The molecular weight excluding hydrogens is 230 g/mol. The van der Waals surface area contributed by atoms with Crippen molar-refractivity contribution in [3.05, 3.63) is 0 Å². The minimum Gasteiger partial charge on any atom is -0.355 e. The highest BCUT2D eigenvalue weighted by Gasteiger charge is 2.23. The summed E-state index contributed by atoms with van der Waals surface area (Å²) >= 11 is 0. The van der Waals surface area contributed by atoms with Gasteiger partial charge in [-0.3, -0.25) is 9.59 Å². The van der Waals surface area contributed by atoms with E-state index >= 15 is 0 Å². The predicted octanol–water partition coefficient (Wildman–Crippen LogP) is 0.304. The lowest BCUT2D eigenvalue weighted by Crippen LogP contribution is -2.46. The fourth-order valence-corrected chi connectivity index (χ4v) is 2.19. The fourth-order valence-electron chi connectivity index (χ4n) is 2.19. The molecule has 102 valence electrons. The Bertz CT molecular complexity index is 297. The number of hydrogen-bond donors (Lipinski definition) is 3. The Balaban J connectivity index is 1.51. The van der Waals surface area contributed by atoms with Crippen LogP contribution in [0.5, 0.6) is 0 Å². The summed E-state index contributed by atoms with van der Waals surface area (Å²) in [5, 5.41) is 9.05. The van der Waals surface area contributed by atoms with Gasteiger partial charge in [-0.2, -0.15) is 0 Å². The first-order valence-electron chi connectivity index (χ1n) is 7.06. The van der Waals surface area contributed by atoms with E-state index in [1.54, 1.807) is 0 Å². The molecule has 1 aliphatic carbocycles. The highest BCUT2D eigenvalue weighted by Crippen LogP contribution is 2.18. The number of carbonyl (C=O) groups excluding carboxylic acids is 2. The van der Waals surface area contributed by atoms with Gasteiger partial charge in [0.15, 0.2) is 0 Å². The third-order valence-electron chi connectivity index (χ3n) is 3.45. The van der Waals surface area contributed by atoms with Gasteiger partial charge in [-0.05, 0) is 38.6 Å². The molecule has 0 aromatic carbocycles. The summed E-state index contributed by atoms with van der Waals surface area (Å²) < 4.78 is 0. The van der Waals surface area contributed by atoms with E-state index in [1.165, 1.54) is 0 Å². The molecule has 0 bridgehead atoms. The highest BCUT2D eigenvalue weighted by molar-refractivity contribution is 5.82. The molecule has 2 amide bonds. The van der Waals surface area contributed by atoms with E-state index in [0.29, 0.717) is 19.0 Å². The van der Waals surface area contributed by atoms with E-state index in [9.17, 15) is 9.59 Å². The monoisotopic (exact) mass is 253 g/mol. The Labute approximate surface area is 108 Å². The molecule has 2 rings (SSSR count). The molecule has 5 heteroatoms. The second kappa shape index (κ2) is 6.73. The van der Waals surface area contributed by atoms with Crippen LogP contribution in [0.3, 0.4) is 0 Å². The lowest BCUT2D eigenvalue weighted by Gasteiger charge is -2.22. The standard InChI is InChI=1S/C13H23N3O2/c17-12(16-10-6-7-10)5-3-9-15-13(18)11-4-1-2-8-14-11/h10-11,14H,1-9H2,(H,15,18)(H,16,17)/t11-/m1/s1. The van der Waals surface area contributed by atoms with Crippen molar-refractivity contribution in [3.63, 3.8) is 0 Å². The van der Waals surface area contributed by atoms with Crippen molar-refractivity contribution in [3.8, 4) is 0 Å². The van der Waals surface area contributed by atoms with Crippen LogP contribution < -0.4 is 16.0 Å². The van der Waals surface area contributed by atoms with Crippen LogP contribution in [0.25, 0.3) is 0 Å². The lowest BCUT2D eigenvalue weighted by molar-refractivity contribution is -0.124. The summed E-state index contributed by atoms with van der Waals surface area (Å²) in [7, 11) is 0. The van der Waals surface area contributed by atoms with Crippen molar-refractivity contribution in [1.82, 2.24) is 16.0 Å². The summed E-state index contributed by atoms with van der Waals surface area (Å²) in [5.41, 5.74) is 0. The number of nitrogens with one attached hydrogen (secondary N) is 3. The zero-order valence-electron chi connectivity index (χ0n) is 10.8. The van der Waals surface area contributed by atoms with Gasteiger partial charge in [0.05, 0.1) is 6.04 Å². The summed E-state index contributed by atoms with van der Waals surface area (Å²) in [4.78, 5) is 23.2. The zero-order chi connectivity index (χ0) is 12.8. The minimum atomic E-state index is -0.0287. The molecule has 0 unspecified atom stereocenters. The Morgan fingerprint density at radius 3 is 2.67 bits per heavy atom. The topological polar surface area (TPSA) is 70.2 Å². The van der Waals surface area contributed by atoms with E-state index in [1.807, 2.05) is 0 Å². The molecule has 0 aromatic heterocycles. The van der Waals surface area contributed by atoms with Crippen LogP contribution in [0.15, 0.2) is 0 Å². The maximum atomic E-state index is 11.8. The molecule has 1 aliphatic heterocycles. The average Bonchev–Trinajstić information content (AvgIpc) is 3.19. The lowest BCUT2D eigenvalue weighted by atomic mass is 10.0. The average molecular weight is 253 g/mol. The SMILES string of the molecule is O=C(CCCNC(=O)[C@H]1CCCCN1)NC1CC1. The van der Waals surface area contributed by atoms with Crippen LogP contribution in [-0.4, -0.2) is 37.0 Å². The van der Waals surface area contributed by atoms with Gasteiger partial charge in [0.25, 0.3) is 0 Å². The first-order valence-corrected chi connectivity index (χ1v) is 7.06. The normalized spacial score (nSPS) is 23.4. The maximum Gasteiger partial charge on any atom is 0.237 e. The van der Waals surface area contributed by atoms with Crippen molar-refractivity contribution < 1.29 is 9.59 Å². The number of amides is 2. The van der Waals surface area contributed by atoms with E-state index in [-0.39, 0.29) is 17.9 Å². The Morgan fingerprint density at radius 2 is 2.00 bits per heavy atom. The molecule has 5 nitrogen and oxygen atoms in total. The van der Waals surface area contributed by atoms with Crippen molar-refractivity contribution in [1.29, 1.82) is 0 Å². The first-order chi connectivity index (χ1) is 8.75. The smallest absolute Gasteiger partial charge is 0.237 e. The van der Waals surface area contributed by atoms with Gasteiger partial charge < -0.3 is 16.0 Å². The molecule has 1 atom stereocenters. The number of carbonyl (C=O) groups is 2. The van der Waals surface area contributed by atoms with Gasteiger partial charge in [-0.15, -0.1) is 0 Å². The molecule has 0 radical (unpaired) electrons. The van der Waals surface area contributed by atoms with E-state index < -0.39 is 0 Å². The predicted molar refractivity (Wildman–Crippen MR) is 69.1 cm³/mol. The molecule has 3 N–H and O–H groups in total. The third-order valence-corrected chi connectivity index (χ3v) is 3.45. The van der Waals surface area contributed by atoms with Crippen molar-refractivity contribution in [2.45, 2.75) is 57.0 Å². The molecule has 1 saturated heterocycles. The maximum absolute atomic E-state index is 11.8. The molecule has 0 aromatic rings.